The fourth-order valence-electron chi connectivity index (χ4n) is 3.73. The van der Waals surface area contributed by atoms with Gasteiger partial charge in [-0.1, -0.05) is 18.2 Å². The van der Waals surface area contributed by atoms with Gasteiger partial charge >= 0.3 is 0 Å². The van der Waals surface area contributed by atoms with E-state index in [2.05, 4.69) is 23.5 Å². The van der Waals surface area contributed by atoms with Crippen LogP contribution >= 0.6 is 0 Å². The molecule has 0 radical (unpaired) electrons. The van der Waals surface area contributed by atoms with E-state index in [1.807, 2.05) is 12.1 Å². The van der Waals surface area contributed by atoms with Gasteiger partial charge in [-0.25, -0.2) is 0 Å². The van der Waals surface area contributed by atoms with Crippen LogP contribution in [0.1, 0.15) is 36.1 Å². The third-order valence-electron chi connectivity index (χ3n) is 4.80. The molecule has 2 aromatic rings. The fourth-order valence-corrected chi connectivity index (χ4v) is 3.73. The van der Waals surface area contributed by atoms with Crippen molar-refractivity contribution in [2.75, 3.05) is 5.32 Å². The van der Waals surface area contributed by atoms with Gasteiger partial charge in [0.05, 0.1) is 12.3 Å². The molecule has 20 heavy (non-hydrogen) atoms. The van der Waals surface area contributed by atoms with E-state index in [9.17, 15) is 5.11 Å². The number of aliphatic hydroxyl groups is 1. The molecule has 0 spiro atoms. The minimum Gasteiger partial charge on any atom is -0.469 e. The van der Waals surface area contributed by atoms with E-state index in [-0.39, 0.29) is 6.04 Å². The lowest BCUT2D eigenvalue weighted by Gasteiger charge is -2.42. The molecular formula is C17H19NO2. The number of hydrogen-bond donors (Lipinski definition) is 2. The lowest BCUT2D eigenvalue weighted by Crippen LogP contribution is -2.48. The Bertz CT molecular complexity index is 633. The fraction of sp³-hybridized carbons (Fsp3) is 0.412. The molecule has 1 aromatic carbocycles. The van der Waals surface area contributed by atoms with Crippen LogP contribution in [0, 0.1) is 0 Å². The largest absolute Gasteiger partial charge is 0.469 e. The van der Waals surface area contributed by atoms with Crippen LogP contribution in [0.15, 0.2) is 41.0 Å². The molecule has 2 N–H and O–H groups in total. The Kier molecular flexibility index (Phi) is 2.64. The highest BCUT2D eigenvalue weighted by Crippen LogP contribution is 2.42. The topological polar surface area (TPSA) is 45.4 Å². The molecule has 3 nitrogen and oxygen atoms in total. The van der Waals surface area contributed by atoms with Crippen LogP contribution in [-0.4, -0.2) is 11.1 Å². The minimum absolute atomic E-state index is 0.0639. The predicted octanol–water partition coefficient (Wildman–Crippen LogP) is 3.23. The Balaban J connectivity index is 1.70. The van der Waals surface area contributed by atoms with E-state index < -0.39 is 5.60 Å². The number of rotatable bonds is 1. The van der Waals surface area contributed by atoms with Crippen molar-refractivity contribution in [3.05, 3.63) is 53.5 Å². The average Bonchev–Trinajstić information content (AvgIpc) is 2.97. The number of hydrogen-bond acceptors (Lipinski definition) is 3. The standard InChI is InChI=1S/C17H19NO2/c19-17(10-3-6-15-13(17)9-11-20-15)16-8-7-12-4-1-2-5-14(12)18-16/h1-2,4-5,9,11,16,18-19H,3,6-8,10H2. The van der Waals surface area contributed by atoms with Gasteiger partial charge in [-0.2, -0.15) is 0 Å². The molecule has 4 rings (SSSR count). The maximum absolute atomic E-state index is 11.2. The lowest BCUT2D eigenvalue weighted by atomic mass is 9.75. The van der Waals surface area contributed by atoms with Crippen molar-refractivity contribution in [2.45, 2.75) is 43.7 Å². The van der Waals surface area contributed by atoms with Gasteiger partial charge in [0, 0.05) is 17.7 Å². The van der Waals surface area contributed by atoms with Crippen molar-refractivity contribution in [1.82, 2.24) is 0 Å². The number of anilines is 1. The summed E-state index contributed by atoms with van der Waals surface area (Å²) in [6.45, 7) is 0. The van der Waals surface area contributed by atoms with E-state index in [0.717, 1.165) is 49.1 Å². The highest BCUT2D eigenvalue weighted by atomic mass is 16.3. The van der Waals surface area contributed by atoms with Crippen LogP contribution in [0.25, 0.3) is 0 Å². The highest BCUT2D eigenvalue weighted by molar-refractivity contribution is 5.55. The Labute approximate surface area is 118 Å². The normalized spacial score (nSPS) is 28.4. The molecule has 0 bridgehead atoms. The molecule has 2 unspecified atom stereocenters. The summed E-state index contributed by atoms with van der Waals surface area (Å²) < 4.78 is 5.52. The van der Waals surface area contributed by atoms with Crippen molar-refractivity contribution in [1.29, 1.82) is 0 Å². The van der Waals surface area contributed by atoms with Crippen LogP contribution in [0.4, 0.5) is 5.69 Å². The Morgan fingerprint density at radius 3 is 3.05 bits per heavy atom. The third-order valence-corrected chi connectivity index (χ3v) is 4.80. The van der Waals surface area contributed by atoms with Crippen LogP contribution < -0.4 is 5.32 Å². The number of furan rings is 1. The summed E-state index contributed by atoms with van der Waals surface area (Å²) in [5.74, 6) is 0.958. The van der Waals surface area contributed by atoms with Crippen LogP contribution in [0.3, 0.4) is 0 Å². The smallest absolute Gasteiger partial charge is 0.113 e. The molecule has 2 heterocycles. The van der Waals surface area contributed by atoms with E-state index in [1.54, 1.807) is 6.26 Å². The Morgan fingerprint density at radius 2 is 2.10 bits per heavy atom. The average molecular weight is 269 g/mol. The Morgan fingerprint density at radius 1 is 1.20 bits per heavy atom. The molecule has 1 aliphatic carbocycles. The van der Waals surface area contributed by atoms with E-state index in [0.29, 0.717) is 0 Å². The summed E-state index contributed by atoms with van der Waals surface area (Å²) in [7, 11) is 0. The summed E-state index contributed by atoms with van der Waals surface area (Å²) in [6.07, 6.45) is 6.41. The molecule has 2 atom stereocenters. The first-order valence-corrected chi connectivity index (χ1v) is 7.41. The van der Waals surface area contributed by atoms with Gasteiger partial charge in [0.1, 0.15) is 11.4 Å². The Hall–Kier alpha value is -1.74. The molecule has 3 heteroatoms. The zero-order valence-electron chi connectivity index (χ0n) is 11.4. The number of para-hydroxylation sites is 1. The second kappa shape index (κ2) is 4.38. The molecular weight excluding hydrogens is 250 g/mol. The van der Waals surface area contributed by atoms with Crippen molar-refractivity contribution < 1.29 is 9.52 Å². The van der Waals surface area contributed by atoms with Gasteiger partial charge in [-0.05, 0) is 43.4 Å². The van der Waals surface area contributed by atoms with Gasteiger partial charge in [0.25, 0.3) is 0 Å². The second-order valence-electron chi connectivity index (χ2n) is 5.93. The molecule has 2 aliphatic rings. The molecule has 1 aliphatic heterocycles. The van der Waals surface area contributed by atoms with E-state index in [4.69, 9.17) is 4.42 Å². The molecule has 0 amide bonds. The third kappa shape index (κ3) is 1.70. The van der Waals surface area contributed by atoms with Crippen molar-refractivity contribution in [3.63, 3.8) is 0 Å². The number of aryl methyl sites for hydroxylation is 2. The van der Waals surface area contributed by atoms with Gasteiger partial charge in [-0.15, -0.1) is 0 Å². The summed E-state index contributed by atoms with van der Waals surface area (Å²) in [6, 6.07) is 10.4. The van der Waals surface area contributed by atoms with E-state index in [1.165, 1.54) is 5.56 Å². The number of nitrogens with one attached hydrogen (secondary N) is 1. The molecule has 0 saturated heterocycles. The van der Waals surface area contributed by atoms with Gasteiger partial charge in [-0.3, -0.25) is 0 Å². The van der Waals surface area contributed by atoms with Crippen molar-refractivity contribution >= 4 is 5.69 Å². The zero-order valence-corrected chi connectivity index (χ0v) is 11.4. The summed E-state index contributed by atoms with van der Waals surface area (Å²) in [4.78, 5) is 0. The predicted molar refractivity (Wildman–Crippen MR) is 77.7 cm³/mol. The van der Waals surface area contributed by atoms with Gasteiger partial charge < -0.3 is 14.8 Å². The van der Waals surface area contributed by atoms with Crippen molar-refractivity contribution in [3.8, 4) is 0 Å². The maximum atomic E-state index is 11.2. The highest BCUT2D eigenvalue weighted by Gasteiger charge is 2.44. The lowest BCUT2D eigenvalue weighted by molar-refractivity contribution is -0.00572. The SMILES string of the molecule is OC1(C2CCc3ccccc3N2)CCCc2occc21. The first-order chi connectivity index (χ1) is 9.77. The summed E-state index contributed by atoms with van der Waals surface area (Å²) in [5, 5.41) is 14.8. The van der Waals surface area contributed by atoms with Gasteiger partial charge in [0.15, 0.2) is 0 Å². The first kappa shape index (κ1) is 12.0. The molecule has 1 aromatic heterocycles. The van der Waals surface area contributed by atoms with E-state index >= 15 is 0 Å². The molecule has 0 fully saturated rings. The van der Waals surface area contributed by atoms with Crippen LogP contribution in [0.2, 0.25) is 0 Å². The first-order valence-electron chi connectivity index (χ1n) is 7.41. The second-order valence-corrected chi connectivity index (χ2v) is 5.93. The zero-order chi connectivity index (χ0) is 13.6. The summed E-state index contributed by atoms with van der Waals surface area (Å²) >= 11 is 0. The van der Waals surface area contributed by atoms with Crippen LogP contribution in [-0.2, 0) is 18.4 Å². The monoisotopic (exact) mass is 269 g/mol. The van der Waals surface area contributed by atoms with Crippen LogP contribution in [0.5, 0.6) is 0 Å². The number of fused-ring (bicyclic) bond motifs is 2. The van der Waals surface area contributed by atoms with Gasteiger partial charge in [0.2, 0.25) is 0 Å². The minimum atomic E-state index is -0.798. The summed E-state index contributed by atoms with van der Waals surface area (Å²) in [5.41, 5.74) is 2.69. The number of benzene rings is 1. The molecule has 0 saturated carbocycles. The quantitative estimate of drug-likeness (QED) is 0.835. The molecule has 104 valence electrons. The maximum Gasteiger partial charge on any atom is 0.113 e. The van der Waals surface area contributed by atoms with Crippen molar-refractivity contribution in [2.24, 2.45) is 0 Å².